The van der Waals surface area contributed by atoms with Crippen molar-refractivity contribution in [2.75, 3.05) is 11.9 Å². The zero-order valence-electron chi connectivity index (χ0n) is 15.2. The summed E-state index contributed by atoms with van der Waals surface area (Å²) in [7, 11) is 0. The second-order valence-electron chi connectivity index (χ2n) is 6.19. The minimum absolute atomic E-state index is 0.163. The number of thiophene rings is 1. The molecule has 136 valence electrons. The lowest BCUT2D eigenvalue weighted by molar-refractivity contribution is 0.0530. The van der Waals surface area contributed by atoms with Crippen molar-refractivity contribution in [3.63, 3.8) is 0 Å². The molecule has 2 aromatic heterocycles. The second kappa shape index (κ2) is 7.29. The Labute approximate surface area is 155 Å². The van der Waals surface area contributed by atoms with E-state index in [1.54, 1.807) is 17.7 Å². The first-order chi connectivity index (χ1) is 12.4. The van der Waals surface area contributed by atoms with Gasteiger partial charge in [0.1, 0.15) is 10.6 Å². The maximum absolute atomic E-state index is 12.7. The van der Waals surface area contributed by atoms with Crippen LogP contribution in [0.5, 0.6) is 0 Å². The third-order valence-electron chi connectivity index (χ3n) is 3.95. The van der Waals surface area contributed by atoms with Gasteiger partial charge in [0.25, 0.3) is 5.91 Å². The molecule has 0 aliphatic heterocycles. The number of esters is 1. The Morgan fingerprint density at radius 2 is 2.04 bits per heavy atom. The molecule has 0 fully saturated rings. The third-order valence-corrected chi connectivity index (χ3v) is 5.03. The lowest BCUT2D eigenvalue weighted by atomic mass is 10.1. The number of carbonyl (C=O) groups excluding carboxylic acids is 2. The van der Waals surface area contributed by atoms with E-state index in [9.17, 15) is 9.59 Å². The van der Waals surface area contributed by atoms with E-state index in [1.807, 2.05) is 45.0 Å². The molecule has 26 heavy (non-hydrogen) atoms. The Bertz CT molecular complexity index is 972. The number of amides is 1. The molecule has 0 radical (unpaired) electrons. The van der Waals surface area contributed by atoms with Crippen molar-refractivity contribution >= 4 is 38.3 Å². The van der Waals surface area contributed by atoms with E-state index in [4.69, 9.17) is 4.74 Å². The summed E-state index contributed by atoms with van der Waals surface area (Å²) in [6.07, 6.45) is 0. The molecule has 3 rings (SSSR count). The number of nitrogens with zero attached hydrogens (tertiary/aromatic N) is 2. The first kappa shape index (κ1) is 18.1. The Hall–Kier alpha value is -2.67. The first-order valence-electron chi connectivity index (χ1n) is 8.48. The van der Waals surface area contributed by atoms with E-state index in [-0.39, 0.29) is 18.6 Å². The zero-order chi connectivity index (χ0) is 18.8. The minimum atomic E-state index is -0.441. The van der Waals surface area contributed by atoms with E-state index in [0.717, 1.165) is 15.8 Å². The normalized spacial score (nSPS) is 11.1. The maximum Gasteiger partial charge on any atom is 0.341 e. The van der Waals surface area contributed by atoms with Crippen LogP contribution < -0.4 is 5.32 Å². The highest BCUT2D eigenvalue weighted by Crippen LogP contribution is 2.36. The van der Waals surface area contributed by atoms with Crippen LogP contribution in [0.3, 0.4) is 0 Å². The Morgan fingerprint density at radius 1 is 1.31 bits per heavy atom. The average Bonchev–Trinajstić information content (AvgIpc) is 3.15. The van der Waals surface area contributed by atoms with Crippen LogP contribution in [0.2, 0.25) is 0 Å². The summed E-state index contributed by atoms with van der Waals surface area (Å²) in [6, 6.07) is 9.43. The number of hydrogen-bond donors (Lipinski definition) is 1. The highest BCUT2D eigenvalue weighted by atomic mass is 32.1. The molecule has 2 heterocycles. The van der Waals surface area contributed by atoms with Gasteiger partial charge in [-0.15, -0.1) is 11.3 Å². The quantitative estimate of drug-likeness (QED) is 0.674. The van der Waals surface area contributed by atoms with E-state index in [1.165, 1.54) is 11.3 Å². The molecule has 1 aromatic carbocycles. The molecule has 6 nitrogen and oxygen atoms in total. The molecule has 0 bridgehead atoms. The number of fused-ring (bicyclic) bond motifs is 1. The van der Waals surface area contributed by atoms with Crippen molar-refractivity contribution in [1.82, 2.24) is 9.78 Å². The summed E-state index contributed by atoms with van der Waals surface area (Å²) in [4.78, 5) is 25.1. The fourth-order valence-corrected chi connectivity index (χ4v) is 3.91. The van der Waals surface area contributed by atoms with Gasteiger partial charge in [-0.2, -0.15) is 5.10 Å². The third kappa shape index (κ3) is 3.35. The summed E-state index contributed by atoms with van der Waals surface area (Å²) < 4.78 is 7.88. The van der Waals surface area contributed by atoms with Crippen molar-refractivity contribution in [1.29, 1.82) is 0 Å². The molecular weight excluding hydrogens is 350 g/mol. The fourth-order valence-electron chi connectivity index (χ4n) is 2.83. The number of carbonyl (C=O) groups is 2. The van der Waals surface area contributed by atoms with Crippen LogP contribution in [-0.2, 0) is 4.74 Å². The molecule has 3 aromatic rings. The molecule has 1 amide bonds. The number of ether oxygens (including phenoxy) is 1. The number of hydrogen-bond acceptors (Lipinski definition) is 5. The van der Waals surface area contributed by atoms with Crippen molar-refractivity contribution in [2.45, 2.75) is 33.7 Å². The summed E-state index contributed by atoms with van der Waals surface area (Å²) in [5.74, 6) is -0.784. The molecule has 0 atom stereocenters. The van der Waals surface area contributed by atoms with Gasteiger partial charge < -0.3 is 10.1 Å². The highest BCUT2D eigenvalue weighted by Gasteiger charge is 2.23. The fraction of sp³-hybridized carbons (Fsp3) is 0.316. The molecule has 0 spiro atoms. The van der Waals surface area contributed by atoms with Crippen LogP contribution in [0.25, 0.3) is 10.1 Å². The predicted octanol–water partition coefficient (Wildman–Crippen LogP) is 4.42. The average molecular weight is 371 g/mol. The predicted molar refractivity (Wildman–Crippen MR) is 103 cm³/mol. The zero-order valence-corrected chi connectivity index (χ0v) is 16.0. The molecule has 7 heteroatoms. The topological polar surface area (TPSA) is 73.2 Å². The molecule has 0 unspecified atom stereocenters. The summed E-state index contributed by atoms with van der Waals surface area (Å²) >= 11 is 1.35. The molecule has 0 saturated heterocycles. The SMILES string of the molecule is CCOC(=O)c1c(NC(=O)c2cc(C)n(C(C)C)n2)sc2ccccc12. The highest BCUT2D eigenvalue weighted by molar-refractivity contribution is 7.23. The van der Waals surface area contributed by atoms with E-state index >= 15 is 0 Å². The largest absolute Gasteiger partial charge is 0.462 e. The second-order valence-corrected chi connectivity index (χ2v) is 7.24. The number of anilines is 1. The molecule has 0 aliphatic carbocycles. The van der Waals surface area contributed by atoms with Gasteiger partial charge in [0.05, 0.1) is 6.61 Å². The van der Waals surface area contributed by atoms with Crippen molar-refractivity contribution < 1.29 is 14.3 Å². The minimum Gasteiger partial charge on any atom is -0.462 e. The number of aromatic nitrogens is 2. The summed E-state index contributed by atoms with van der Waals surface area (Å²) in [5, 5.41) is 8.45. The van der Waals surface area contributed by atoms with Gasteiger partial charge >= 0.3 is 5.97 Å². The Balaban J connectivity index is 1.97. The monoisotopic (exact) mass is 371 g/mol. The van der Waals surface area contributed by atoms with Crippen LogP contribution in [0.15, 0.2) is 30.3 Å². The van der Waals surface area contributed by atoms with Crippen molar-refractivity contribution in [3.05, 3.63) is 47.3 Å². The standard InChI is InChI=1S/C19H21N3O3S/c1-5-25-19(24)16-13-8-6-7-9-15(13)26-18(16)20-17(23)14-10-12(4)22(21-14)11(2)3/h6-11H,5H2,1-4H3,(H,20,23). The van der Waals surface area contributed by atoms with Crippen LogP contribution >= 0.6 is 11.3 Å². The van der Waals surface area contributed by atoms with Crippen LogP contribution in [0.4, 0.5) is 5.00 Å². The van der Waals surface area contributed by atoms with Gasteiger partial charge in [-0.1, -0.05) is 18.2 Å². The van der Waals surface area contributed by atoms with Gasteiger partial charge in [0.15, 0.2) is 5.69 Å². The summed E-state index contributed by atoms with van der Waals surface area (Å²) in [5.41, 5.74) is 1.62. The van der Waals surface area contributed by atoms with E-state index in [2.05, 4.69) is 10.4 Å². The molecule has 1 N–H and O–H groups in total. The van der Waals surface area contributed by atoms with Crippen LogP contribution in [0, 0.1) is 6.92 Å². The van der Waals surface area contributed by atoms with Gasteiger partial charge in [0, 0.05) is 21.8 Å². The lowest BCUT2D eigenvalue weighted by Gasteiger charge is -2.07. The molecule has 0 saturated carbocycles. The smallest absolute Gasteiger partial charge is 0.341 e. The van der Waals surface area contributed by atoms with Crippen LogP contribution in [0.1, 0.15) is 53.4 Å². The summed E-state index contributed by atoms with van der Waals surface area (Å²) in [6.45, 7) is 7.95. The van der Waals surface area contributed by atoms with Gasteiger partial charge in [-0.25, -0.2) is 4.79 Å². The van der Waals surface area contributed by atoms with Crippen molar-refractivity contribution in [3.8, 4) is 0 Å². The first-order valence-corrected chi connectivity index (χ1v) is 9.30. The van der Waals surface area contributed by atoms with Gasteiger partial charge in [-0.05, 0) is 39.8 Å². The molecule has 0 aliphatic rings. The van der Waals surface area contributed by atoms with E-state index in [0.29, 0.717) is 16.3 Å². The number of benzene rings is 1. The lowest BCUT2D eigenvalue weighted by Crippen LogP contribution is -2.15. The van der Waals surface area contributed by atoms with E-state index < -0.39 is 5.97 Å². The maximum atomic E-state index is 12.7. The molecular formula is C19H21N3O3S. The van der Waals surface area contributed by atoms with Crippen molar-refractivity contribution in [2.24, 2.45) is 0 Å². The Kier molecular flexibility index (Phi) is 5.08. The van der Waals surface area contributed by atoms with Gasteiger partial charge in [0.2, 0.25) is 0 Å². The number of aryl methyl sites for hydroxylation is 1. The number of nitrogens with one attached hydrogen (secondary N) is 1. The number of rotatable bonds is 5. The Morgan fingerprint density at radius 3 is 2.69 bits per heavy atom. The van der Waals surface area contributed by atoms with Crippen LogP contribution in [-0.4, -0.2) is 28.3 Å². The van der Waals surface area contributed by atoms with Gasteiger partial charge in [-0.3, -0.25) is 9.48 Å².